The number of carbonyl (C=O) groups excluding carboxylic acids is 3. The summed E-state index contributed by atoms with van der Waals surface area (Å²) in [6.07, 6.45) is 0. The van der Waals surface area contributed by atoms with E-state index >= 15 is 0 Å². The number of imidazole rings is 1. The summed E-state index contributed by atoms with van der Waals surface area (Å²) in [4.78, 5) is 45.9. The van der Waals surface area contributed by atoms with Gasteiger partial charge < -0.3 is 4.98 Å². The number of hydrogen-bond acceptors (Lipinski definition) is 4. The number of aromatic nitrogens is 2. The smallest absolute Gasteiger partial charge is 0.262 e. The molecule has 2 heterocycles. The van der Waals surface area contributed by atoms with Gasteiger partial charge in [-0.05, 0) is 31.2 Å². The molecule has 7 nitrogen and oxygen atoms in total. The van der Waals surface area contributed by atoms with Crippen molar-refractivity contribution in [1.29, 1.82) is 0 Å². The Hall–Kier alpha value is -2.90. The minimum atomic E-state index is -1.05. The molecule has 136 valence electrons. The van der Waals surface area contributed by atoms with Gasteiger partial charge in [-0.1, -0.05) is 35.3 Å². The maximum absolute atomic E-state index is 12.6. The molecule has 0 spiro atoms. The van der Waals surface area contributed by atoms with Gasteiger partial charge in [0.05, 0.1) is 32.2 Å². The topological polar surface area (TPSA) is 95.2 Å². The van der Waals surface area contributed by atoms with Gasteiger partial charge in [0.1, 0.15) is 6.04 Å². The SMILES string of the molecule is CC(C(=O)Nc1nc2ccccc2[nH]1)N1C(=O)c2cc(Cl)c(Cl)cc2C1=O. The minimum absolute atomic E-state index is 0.123. The summed E-state index contributed by atoms with van der Waals surface area (Å²) in [7, 11) is 0. The first-order valence-electron chi connectivity index (χ1n) is 7.99. The summed E-state index contributed by atoms with van der Waals surface area (Å²) in [5.74, 6) is -1.52. The number of para-hydroxylation sites is 2. The number of amides is 3. The van der Waals surface area contributed by atoms with Crippen molar-refractivity contribution >= 4 is 57.9 Å². The van der Waals surface area contributed by atoms with Gasteiger partial charge in [0.2, 0.25) is 11.9 Å². The third kappa shape index (κ3) is 2.85. The van der Waals surface area contributed by atoms with Crippen LogP contribution >= 0.6 is 23.2 Å². The summed E-state index contributed by atoms with van der Waals surface area (Å²) in [6.45, 7) is 1.46. The number of carbonyl (C=O) groups is 3. The number of anilines is 1. The molecule has 4 rings (SSSR count). The zero-order valence-electron chi connectivity index (χ0n) is 13.9. The van der Waals surface area contributed by atoms with Gasteiger partial charge in [-0.3, -0.25) is 24.6 Å². The van der Waals surface area contributed by atoms with Gasteiger partial charge in [0, 0.05) is 0 Å². The molecule has 0 fully saturated rings. The lowest BCUT2D eigenvalue weighted by Crippen LogP contribution is -2.45. The van der Waals surface area contributed by atoms with Crippen LogP contribution in [0.15, 0.2) is 36.4 Å². The molecule has 2 N–H and O–H groups in total. The standard InChI is InChI=1S/C18H12Cl2N4O3/c1-8(15(25)23-18-21-13-4-2-3-5-14(13)22-18)24-16(26)9-6-11(19)12(20)7-10(9)17(24)27/h2-8H,1H3,(H2,21,22,23,25). The molecule has 27 heavy (non-hydrogen) atoms. The van der Waals surface area contributed by atoms with Crippen LogP contribution in [-0.4, -0.2) is 38.6 Å². The average molecular weight is 403 g/mol. The number of hydrogen-bond donors (Lipinski definition) is 2. The van der Waals surface area contributed by atoms with Crippen LogP contribution in [0, 0.1) is 0 Å². The fraction of sp³-hybridized carbons (Fsp3) is 0.111. The molecule has 1 unspecified atom stereocenters. The lowest BCUT2D eigenvalue weighted by Gasteiger charge is -2.21. The van der Waals surface area contributed by atoms with Crippen LogP contribution in [0.1, 0.15) is 27.6 Å². The highest BCUT2D eigenvalue weighted by atomic mass is 35.5. The minimum Gasteiger partial charge on any atom is -0.324 e. The van der Waals surface area contributed by atoms with Crippen molar-refractivity contribution in [2.75, 3.05) is 5.32 Å². The van der Waals surface area contributed by atoms with E-state index in [4.69, 9.17) is 23.2 Å². The van der Waals surface area contributed by atoms with E-state index in [0.29, 0.717) is 5.52 Å². The lowest BCUT2D eigenvalue weighted by atomic mass is 10.1. The van der Waals surface area contributed by atoms with E-state index in [0.717, 1.165) is 10.4 Å². The van der Waals surface area contributed by atoms with E-state index in [1.54, 1.807) is 6.07 Å². The number of nitrogens with zero attached hydrogens (tertiary/aromatic N) is 2. The Labute approximate surface area is 163 Å². The zero-order valence-corrected chi connectivity index (χ0v) is 15.4. The zero-order chi connectivity index (χ0) is 19.3. The molecule has 0 saturated heterocycles. The summed E-state index contributed by atoms with van der Waals surface area (Å²) in [5, 5.41) is 2.92. The van der Waals surface area contributed by atoms with Crippen molar-refractivity contribution < 1.29 is 14.4 Å². The summed E-state index contributed by atoms with van der Waals surface area (Å²) >= 11 is 11.9. The van der Waals surface area contributed by atoms with Crippen molar-refractivity contribution in [2.45, 2.75) is 13.0 Å². The lowest BCUT2D eigenvalue weighted by molar-refractivity contribution is -0.119. The van der Waals surface area contributed by atoms with Crippen LogP contribution in [0.4, 0.5) is 5.95 Å². The number of aromatic amines is 1. The number of rotatable bonds is 3. The highest BCUT2D eigenvalue weighted by molar-refractivity contribution is 6.43. The highest BCUT2D eigenvalue weighted by Gasteiger charge is 2.41. The number of benzene rings is 2. The molecule has 0 aliphatic carbocycles. The molecule has 1 aliphatic heterocycles. The van der Waals surface area contributed by atoms with Crippen LogP contribution in [0.25, 0.3) is 11.0 Å². The van der Waals surface area contributed by atoms with Crippen LogP contribution < -0.4 is 5.32 Å². The third-order valence-corrected chi connectivity index (χ3v) is 5.08. The van der Waals surface area contributed by atoms with Gasteiger partial charge in [0.15, 0.2) is 0 Å². The highest BCUT2D eigenvalue weighted by Crippen LogP contribution is 2.32. The monoisotopic (exact) mass is 402 g/mol. The van der Waals surface area contributed by atoms with Crippen molar-refractivity contribution in [3.05, 3.63) is 57.6 Å². The predicted molar refractivity (Wildman–Crippen MR) is 101 cm³/mol. The fourth-order valence-electron chi connectivity index (χ4n) is 2.95. The van der Waals surface area contributed by atoms with Crippen molar-refractivity contribution in [1.82, 2.24) is 14.9 Å². The van der Waals surface area contributed by atoms with E-state index < -0.39 is 23.8 Å². The molecule has 3 aromatic rings. The van der Waals surface area contributed by atoms with Crippen molar-refractivity contribution in [3.8, 4) is 0 Å². The fourth-order valence-corrected chi connectivity index (χ4v) is 3.28. The van der Waals surface area contributed by atoms with Gasteiger partial charge >= 0.3 is 0 Å². The van der Waals surface area contributed by atoms with Crippen LogP contribution in [0.2, 0.25) is 10.0 Å². The number of H-pyrrole nitrogens is 1. The average Bonchev–Trinajstić information content (AvgIpc) is 3.14. The van der Waals surface area contributed by atoms with E-state index in [9.17, 15) is 14.4 Å². The first-order chi connectivity index (χ1) is 12.9. The Morgan fingerprint density at radius 3 is 2.30 bits per heavy atom. The molecule has 9 heteroatoms. The first kappa shape index (κ1) is 17.5. The normalized spacial score (nSPS) is 14.6. The van der Waals surface area contributed by atoms with Crippen LogP contribution in [0.5, 0.6) is 0 Å². The molecule has 0 bridgehead atoms. The summed E-state index contributed by atoms with van der Waals surface area (Å²) in [6, 6.07) is 8.90. The van der Waals surface area contributed by atoms with Gasteiger partial charge in [-0.2, -0.15) is 0 Å². The Balaban J connectivity index is 1.58. The molecule has 1 atom stereocenters. The number of fused-ring (bicyclic) bond motifs is 2. The van der Waals surface area contributed by atoms with Crippen LogP contribution in [0.3, 0.4) is 0 Å². The predicted octanol–water partition coefficient (Wildman–Crippen LogP) is 3.49. The molecule has 1 aliphatic rings. The van der Waals surface area contributed by atoms with Crippen molar-refractivity contribution in [2.24, 2.45) is 0 Å². The molecular weight excluding hydrogens is 391 g/mol. The largest absolute Gasteiger partial charge is 0.324 e. The van der Waals surface area contributed by atoms with Gasteiger partial charge in [-0.15, -0.1) is 0 Å². The Morgan fingerprint density at radius 1 is 1.11 bits per heavy atom. The summed E-state index contributed by atoms with van der Waals surface area (Å²) < 4.78 is 0. The number of nitrogens with one attached hydrogen (secondary N) is 2. The Morgan fingerprint density at radius 2 is 1.70 bits per heavy atom. The maximum Gasteiger partial charge on any atom is 0.262 e. The molecule has 0 saturated carbocycles. The second-order valence-electron chi connectivity index (χ2n) is 6.06. The Bertz CT molecular complexity index is 1050. The molecule has 3 amide bonds. The van der Waals surface area contributed by atoms with Crippen LogP contribution in [-0.2, 0) is 4.79 Å². The van der Waals surface area contributed by atoms with E-state index in [2.05, 4.69) is 15.3 Å². The van der Waals surface area contributed by atoms with Gasteiger partial charge in [-0.25, -0.2) is 4.98 Å². The number of imide groups is 1. The molecule has 0 radical (unpaired) electrons. The molecular formula is C18H12Cl2N4O3. The van der Waals surface area contributed by atoms with Gasteiger partial charge in [0.25, 0.3) is 11.8 Å². The quantitative estimate of drug-likeness (QED) is 0.655. The Kier molecular flexibility index (Phi) is 4.13. The van der Waals surface area contributed by atoms with E-state index in [-0.39, 0.29) is 27.1 Å². The molecule has 2 aromatic carbocycles. The first-order valence-corrected chi connectivity index (χ1v) is 8.75. The summed E-state index contributed by atoms with van der Waals surface area (Å²) in [5.41, 5.74) is 1.69. The second-order valence-corrected chi connectivity index (χ2v) is 6.87. The van der Waals surface area contributed by atoms with Crippen molar-refractivity contribution in [3.63, 3.8) is 0 Å². The van der Waals surface area contributed by atoms with E-state index in [1.165, 1.54) is 19.1 Å². The molecule has 1 aromatic heterocycles. The third-order valence-electron chi connectivity index (χ3n) is 4.36. The van der Waals surface area contributed by atoms with E-state index in [1.807, 2.05) is 18.2 Å². The second kappa shape index (κ2) is 6.37. The maximum atomic E-state index is 12.6. The number of halogens is 2.